The van der Waals surface area contributed by atoms with Crippen molar-refractivity contribution in [2.75, 3.05) is 10.2 Å². The summed E-state index contributed by atoms with van der Waals surface area (Å²) < 4.78 is 1.51. The number of carbonyl (C=O) groups is 1. The molecule has 4 heterocycles. The number of hydrogen-bond acceptors (Lipinski definition) is 8. The van der Waals surface area contributed by atoms with E-state index in [0.717, 1.165) is 42.5 Å². The number of benzene rings is 1. The highest BCUT2D eigenvalue weighted by molar-refractivity contribution is 5.92. The number of H-pyrrole nitrogens is 1. The molecule has 5 aromatic rings. The molecule has 12 heteroatoms. The van der Waals surface area contributed by atoms with E-state index >= 15 is 0 Å². The Kier molecular flexibility index (Phi) is 8.82. The topological polar surface area (TPSA) is 158 Å². The van der Waals surface area contributed by atoms with Crippen molar-refractivity contribution in [1.82, 2.24) is 35.0 Å². The first-order valence-electron chi connectivity index (χ1n) is 15.2. The number of hydrogen-bond donors (Lipinski definition) is 3. The highest BCUT2D eigenvalue weighted by Crippen LogP contribution is 2.30. The van der Waals surface area contributed by atoms with Gasteiger partial charge in [0.15, 0.2) is 0 Å². The molecule has 12 nitrogen and oxygen atoms in total. The fourth-order valence-corrected chi connectivity index (χ4v) is 5.69. The molecule has 1 aromatic carbocycles. The number of urea groups is 1. The lowest BCUT2D eigenvalue weighted by atomic mass is 9.90. The molecule has 232 valence electrons. The number of rotatable bonds is 8. The van der Waals surface area contributed by atoms with Crippen LogP contribution in [0.5, 0.6) is 0 Å². The standard InChI is InChI=1S/C34H34N10O2/c1-22-16-30(42-41-22)32-25(18-35)20-37-33(40-32)39-26-8-10-27(11-9-26)44(34(46)38-19-23-6-4-3-5-7-23)28-12-13-29(36-21-28)24-14-15-43(2)31(45)17-24/h3-7,12-17,20-21,26-27H,8-11,19H2,1-2H3,(H,38,46)(H,41,42)(H,37,39,40). The highest BCUT2D eigenvalue weighted by atomic mass is 16.2. The molecule has 0 atom stereocenters. The quantitative estimate of drug-likeness (QED) is 0.222. The van der Waals surface area contributed by atoms with E-state index in [2.05, 4.69) is 41.9 Å². The molecule has 0 aliphatic heterocycles. The molecular weight excluding hydrogens is 580 g/mol. The van der Waals surface area contributed by atoms with Gasteiger partial charge in [0, 0.05) is 49.2 Å². The first kappa shape index (κ1) is 30.2. The van der Waals surface area contributed by atoms with Gasteiger partial charge in [-0.2, -0.15) is 10.4 Å². The Balaban J connectivity index is 1.18. The lowest BCUT2D eigenvalue weighted by molar-refractivity contribution is 0.240. The number of pyridine rings is 2. The van der Waals surface area contributed by atoms with Crippen LogP contribution < -0.4 is 21.1 Å². The van der Waals surface area contributed by atoms with Crippen LogP contribution in [0, 0.1) is 18.3 Å². The van der Waals surface area contributed by atoms with Crippen molar-refractivity contribution in [2.45, 2.75) is 51.2 Å². The fourth-order valence-electron chi connectivity index (χ4n) is 5.69. The molecule has 6 rings (SSSR count). The number of amides is 2. The van der Waals surface area contributed by atoms with Crippen LogP contribution in [0.15, 0.2) is 84.0 Å². The van der Waals surface area contributed by atoms with Crippen LogP contribution in [-0.2, 0) is 13.6 Å². The van der Waals surface area contributed by atoms with Crippen molar-refractivity contribution < 1.29 is 4.79 Å². The largest absolute Gasteiger partial charge is 0.351 e. The Hall–Kier alpha value is -5.83. The average Bonchev–Trinajstić information content (AvgIpc) is 3.52. The minimum Gasteiger partial charge on any atom is -0.351 e. The Bertz CT molecular complexity index is 1920. The first-order chi connectivity index (χ1) is 22.4. The lowest BCUT2D eigenvalue weighted by Crippen LogP contribution is -2.48. The molecule has 1 fully saturated rings. The van der Waals surface area contributed by atoms with Crippen LogP contribution in [0.25, 0.3) is 22.6 Å². The average molecular weight is 615 g/mol. The second-order valence-corrected chi connectivity index (χ2v) is 11.4. The van der Waals surface area contributed by atoms with E-state index in [1.165, 1.54) is 10.8 Å². The van der Waals surface area contributed by atoms with Crippen molar-refractivity contribution in [1.29, 1.82) is 5.26 Å². The number of aryl methyl sites for hydroxylation is 2. The highest BCUT2D eigenvalue weighted by Gasteiger charge is 2.31. The van der Waals surface area contributed by atoms with Crippen molar-refractivity contribution in [3.8, 4) is 28.7 Å². The minimum absolute atomic E-state index is 0.0602. The number of anilines is 2. The van der Waals surface area contributed by atoms with Gasteiger partial charge in [-0.3, -0.25) is 19.8 Å². The molecule has 1 saturated carbocycles. The molecule has 1 aliphatic carbocycles. The van der Waals surface area contributed by atoms with E-state index in [-0.39, 0.29) is 23.7 Å². The van der Waals surface area contributed by atoms with Crippen molar-refractivity contribution >= 4 is 17.7 Å². The molecular formula is C34H34N10O2. The third-order valence-electron chi connectivity index (χ3n) is 8.18. The molecule has 0 radical (unpaired) electrons. The smallest absolute Gasteiger partial charge is 0.322 e. The summed E-state index contributed by atoms with van der Waals surface area (Å²) in [5, 5.41) is 23.2. The zero-order chi connectivity index (χ0) is 32.0. The SMILES string of the molecule is Cc1cc(-c2nc(NC3CCC(N(C(=O)NCc4ccccc4)c4ccc(-c5ccn(C)c(=O)c5)nc4)CC3)ncc2C#N)n[nH]1. The summed E-state index contributed by atoms with van der Waals surface area (Å²) in [5.41, 5.74) is 5.25. The van der Waals surface area contributed by atoms with Crippen LogP contribution in [0.1, 0.15) is 42.5 Å². The molecule has 46 heavy (non-hydrogen) atoms. The van der Waals surface area contributed by atoms with E-state index in [1.807, 2.05) is 61.5 Å². The van der Waals surface area contributed by atoms with Gasteiger partial charge in [-0.15, -0.1) is 0 Å². The van der Waals surface area contributed by atoms with Gasteiger partial charge in [0.25, 0.3) is 5.56 Å². The normalized spacial score (nSPS) is 15.9. The molecule has 2 amide bonds. The van der Waals surface area contributed by atoms with Gasteiger partial charge in [0.2, 0.25) is 5.95 Å². The molecule has 0 bridgehead atoms. The van der Waals surface area contributed by atoms with Gasteiger partial charge in [-0.1, -0.05) is 30.3 Å². The monoisotopic (exact) mass is 614 g/mol. The van der Waals surface area contributed by atoms with Gasteiger partial charge in [0.05, 0.1) is 29.3 Å². The maximum Gasteiger partial charge on any atom is 0.322 e. The summed E-state index contributed by atoms with van der Waals surface area (Å²) in [5.74, 6) is 0.436. The van der Waals surface area contributed by atoms with Crippen LogP contribution >= 0.6 is 0 Å². The number of aromatic nitrogens is 6. The van der Waals surface area contributed by atoms with Gasteiger partial charge in [0.1, 0.15) is 17.5 Å². The van der Waals surface area contributed by atoms with E-state index in [1.54, 1.807) is 30.4 Å². The Morgan fingerprint density at radius 2 is 1.85 bits per heavy atom. The van der Waals surface area contributed by atoms with E-state index in [0.29, 0.717) is 40.8 Å². The Morgan fingerprint density at radius 1 is 1.04 bits per heavy atom. The summed E-state index contributed by atoms with van der Waals surface area (Å²) in [4.78, 5) is 41.3. The van der Waals surface area contributed by atoms with Gasteiger partial charge >= 0.3 is 6.03 Å². The van der Waals surface area contributed by atoms with Crippen LogP contribution in [0.2, 0.25) is 0 Å². The molecule has 4 aromatic heterocycles. The molecule has 1 aliphatic rings. The summed E-state index contributed by atoms with van der Waals surface area (Å²) in [6, 6.07) is 20.7. The second kappa shape index (κ2) is 13.4. The third kappa shape index (κ3) is 6.78. The lowest BCUT2D eigenvalue weighted by Gasteiger charge is -2.37. The Morgan fingerprint density at radius 3 is 2.52 bits per heavy atom. The molecule has 0 spiro atoms. The second-order valence-electron chi connectivity index (χ2n) is 11.4. The van der Waals surface area contributed by atoms with Crippen LogP contribution in [0.3, 0.4) is 0 Å². The molecule has 3 N–H and O–H groups in total. The van der Waals surface area contributed by atoms with E-state index < -0.39 is 0 Å². The maximum atomic E-state index is 13.7. The number of nitrogens with zero attached hydrogens (tertiary/aromatic N) is 7. The van der Waals surface area contributed by atoms with Crippen LogP contribution in [-0.4, -0.2) is 47.8 Å². The van der Waals surface area contributed by atoms with Crippen LogP contribution in [0.4, 0.5) is 16.4 Å². The predicted molar refractivity (Wildman–Crippen MR) is 175 cm³/mol. The fraction of sp³-hybridized carbons (Fsp3) is 0.265. The summed E-state index contributed by atoms with van der Waals surface area (Å²) in [6.07, 6.45) is 7.98. The van der Waals surface area contributed by atoms with Crippen molar-refractivity contribution in [3.05, 3.63) is 106 Å². The summed E-state index contributed by atoms with van der Waals surface area (Å²) in [6.45, 7) is 2.30. The third-order valence-corrected chi connectivity index (χ3v) is 8.18. The van der Waals surface area contributed by atoms with E-state index in [4.69, 9.17) is 0 Å². The zero-order valence-electron chi connectivity index (χ0n) is 25.6. The van der Waals surface area contributed by atoms with Gasteiger partial charge < -0.3 is 15.2 Å². The minimum atomic E-state index is -0.197. The summed E-state index contributed by atoms with van der Waals surface area (Å²) in [7, 11) is 1.70. The molecule has 0 unspecified atom stereocenters. The Labute approximate surface area is 266 Å². The van der Waals surface area contributed by atoms with Gasteiger partial charge in [-0.05, 0) is 62.4 Å². The maximum absolute atomic E-state index is 13.7. The van der Waals surface area contributed by atoms with Gasteiger partial charge in [-0.25, -0.2) is 14.8 Å². The predicted octanol–water partition coefficient (Wildman–Crippen LogP) is 4.95. The van der Waals surface area contributed by atoms with Crippen molar-refractivity contribution in [3.63, 3.8) is 0 Å². The first-order valence-corrected chi connectivity index (χ1v) is 15.2. The number of aromatic amines is 1. The summed E-state index contributed by atoms with van der Waals surface area (Å²) >= 11 is 0. The number of nitrogens with one attached hydrogen (secondary N) is 3. The van der Waals surface area contributed by atoms with E-state index in [9.17, 15) is 14.9 Å². The number of carbonyl (C=O) groups excluding carboxylic acids is 1. The molecule has 0 saturated heterocycles. The number of nitriles is 1. The zero-order valence-corrected chi connectivity index (χ0v) is 25.6. The van der Waals surface area contributed by atoms with Crippen molar-refractivity contribution in [2.24, 2.45) is 7.05 Å².